The van der Waals surface area contributed by atoms with Gasteiger partial charge in [-0.25, -0.2) is 4.98 Å². The van der Waals surface area contributed by atoms with Crippen LogP contribution in [0.25, 0.3) is 11.3 Å². The van der Waals surface area contributed by atoms with Gasteiger partial charge in [-0.2, -0.15) is 0 Å². The number of pyridine rings is 2. The molecule has 0 atom stereocenters. The number of nitrogens with zero attached hydrogens (tertiary/aromatic N) is 2. The fourth-order valence-electron chi connectivity index (χ4n) is 1.40. The van der Waals surface area contributed by atoms with Crippen molar-refractivity contribution in [1.82, 2.24) is 9.97 Å². The Hall–Kier alpha value is -1.90. The van der Waals surface area contributed by atoms with Crippen molar-refractivity contribution in [2.75, 3.05) is 5.73 Å². The predicted molar refractivity (Wildman–Crippen MR) is 72.6 cm³/mol. The number of anilines is 1. The van der Waals surface area contributed by atoms with Gasteiger partial charge in [0.25, 0.3) is 0 Å². The number of rotatable bonds is 2. The lowest BCUT2D eigenvalue weighted by molar-refractivity contribution is 1.04. The Labute approximate surface area is 103 Å². The normalized spacial score (nSPS) is 9.35. The molecule has 0 aliphatic heterocycles. The molecule has 3 heteroatoms. The van der Waals surface area contributed by atoms with Crippen molar-refractivity contribution in [2.45, 2.75) is 27.2 Å². The van der Waals surface area contributed by atoms with E-state index in [1.807, 2.05) is 44.3 Å². The van der Waals surface area contributed by atoms with E-state index in [0.717, 1.165) is 23.4 Å². The molecule has 2 N–H and O–H groups in total. The average molecular weight is 229 g/mol. The molecule has 0 radical (unpaired) electrons. The van der Waals surface area contributed by atoms with Crippen LogP contribution >= 0.6 is 0 Å². The molecule has 0 amide bonds. The molecule has 0 saturated carbocycles. The van der Waals surface area contributed by atoms with Crippen molar-refractivity contribution in [3.05, 3.63) is 42.2 Å². The van der Waals surface area contributed by atoms with Gasteiger partial charge < -0.3 is 5.73 Å². The average Bonchev–Trinajstić information content (AvgIpc) is 2.41. The zero-order chi connectivity index (χ0) is 12.7. The molecule has 2 aromatic heterocycles. The number of aromatic nitrogens is 2. The van der Waals surface area contributed by atoms with Crippen molar-refractivity contribution < 1.29 is 0 Å². The topological polar surface area (TPSA) is 51.8 Å². The Morgan fingerprint density at radius 1 is 1.12 bits per heavy atom. The Bertz CT molecular complexity index is 449. The molecule has 0 aliphatic carbocycles. The van der Waals surface area contributed by atoms with Crippen LogP contribution in [-0.2, 0) is 6.42 Å². The van der Waals surface area contributed by atoms with Crippen molar-refractivity contribution in [3.8, 4) is 11.3 Å². The van der Waals surface area contributed by atoms with E-state index in [2.05, 4.69) is 16.9 Å². The number of nitrogens with two attached hydrogens (primary N) is 1. The van der Waals surface area contributed by atoms with Gasteiger partial charge in [-0.05, 0) is 30.7 Å². The first-order valence-corrected chi connectivity index (χ1v) is 5.97. The molecule has 0 bridgehead atoms. The van der Waals surface area contributed by atoms with Gasteiger partial charge in [0.15, 0.2) is 0 Å². The smallest absolute Gasteiger partial charge is 0.124 e. The standard InChI is InChI=1S/C12H13N3.C2H6/c1-2-10-7-6-9(8-14-10)11-4-3-5-12(13)15-11;1-2/h3-8H,2H2,1H3,(H2,13,15);1-2H3. The molecule has 0 aromatic carbocycles. The summed E-state index contributed by atoms with van der Waals surface area (Å²) in [5.74, 6) is 0.534. The van der Waals surface area contributed by atoms with E-state index in [4.69, 9.17) is 5.73 Å². The molecule has 3 nitrogen and oxygen atoms in total. The summed E-state index contributed by atoms with van der Waals surface area (Å²) < 4.78 is 0. The summed E-state index contributed by atoms with van der Waals surface area (Å²) in [6.07, 6.45) is 2.78. The summed E-state index contributed by atoms with van der Waals surface area (Å²) in [5, 5.41) is 0. The molecule has 2 heterocycles. The summed E-state index contributed by atoms with van der Waals surface area (Å²) in [7, 11) is 0. The molecular formula is C14H19N3. The van der Waals surface area contributed by atoms with Gasteiger partial charge in [0.05, 0.1) is 5.69 Å². The summed E-state index contributed by atoms with van der Waals surface area (Å²) >= 11 is 0. The number of hydrogen-bond acceptors (Lipinski definition) is 3. The molecule has 90 valence electrons. The van der Waals surface area contributed by atoms with Crippen molar-refractivity contribution in [2.24, 2.45) is 0 Å². The van der Waals surface area contributed by atoms with Gasteiger partial charge in [0.2, 0.25) is 0 Å². The lowest BCUT2D eigenvalue weighted by Crippen LogP contribution is -1.92. The maximum atomic E-state index is 5.62. The van der Waals surface area contributed by atoms with Crippen LogP contribution in [0.15, 0.2) is 36.5 Å². The molecule has 0 unspecified atom stereocenters. The second-order valence-corrected chi connectivity index (χ2v) is 3.34. The number of hydrogen-bond donors (Lipinski definition) is 1. The maximum Gasteiger partial charge on any atom is 0.124 e. The Morgan fingerprint density at radius 3 is 2.41 bits per heavy atom. The highest BCUT2D eigenvalue weighted by molar-refractivity contribution is 5.59. The van der Waals surface area contributed by atoms with Crippen LogP contribution in [0.3, 0.4) is 0 Å². The molecule has 0 aliphatic rings. The highest BCUT2D eigenvalue weighted by Gasteiger charge is 1.99. The monoisotopic (exact) mass is 229 g/mol. The molecule has 0 spiro atoms. The van der Waals surface area contributed by atoms with Crippen LogP contribution in [0, 0.1) is 0 Å². The van der Waals surface area contributed by atoms with Crippen molar-refractivity contribution in [3.63, 3.8) is 0 Å². The van der Waals surface area contributed by atoms with E-state index in [1.165, 1.54) is 0 Å². The predicted octanol–water partition coefficient (Wildman–Crippen LogP) is 3.31. The fourth-order valence-corrected chi connectivity index (χ4v) is 1.40. The Morgan fingerprint density at radius 2 is 1.88 bits per heavy atom. The van der Waals surface area contributed by atoms with E-state index in [-0.39, 0.29) is 0 Å². The van der Waals surface area contributed by atoms with Crippen LogP contribution in [-0.4, -0.2) is 9.97 Å². The van der Waals surface area contributed by atoms with E-state index < -0.39 is 0 Å². The van der Waals surface area contributed by atoms with Gasteiger partial charge in [-0.1, -0.05) is 26.8 Å². The van der Waals surface area contributed by atoms with E-state index in [0.29, 0.717) is 5.82 Å². The SMILES string of the molecule is CC.CCc1ccc(-c2cccc(N)n2)cn1. The van der Waals surface area contributed by atoms with Gasteiger partial charge in [0, 0.05) is 17.5 Å². The molecule has 2 rings (SSSR count). The summed E-state index contributed by atoms with van der Waals surface area (Å²) in [6, 6.07) is 9.63. The van der Waals surface area contributed by atoms with Crippen LogP contribution < -0.4 is 5.73 Å². The van der Waals surface area contributed by atoms with Crippen molar-refractivity contribution in [1.29, 1.82) is 0 Å². The molecule has 2 aromatic rings. The third kappa shape index (κ3) is 3.55. The zero-order valence-corrected chi connectivity index (χ0v) is 10.6. The van der Waals surface area contributed by atoms with Crippen LogP contribution in [0.1, 0.15) is 26.5 Å². The van der Waals surface area contributed by atoms with Gasteiger partial charge in [-0.15, -0.1) is 0 Å². The minimum atomic E-state index is 0.534. The minimum absolute atomic E-state index is 0.534. The van der Waals surface area contributed by atoms with Gasteiger partial charge in [0.1, 0.15) is 5.82 Å². The summed E-state index contributed by atoms with van der Waals surface area (Å²) in [5.41, 5.74) is 8.57. The molecule has 0 saturated heterocycles. The van der Waals surface area contributed by atoms with Crippen LogP contribution in [0.5, 0.6) is 0 Å². The first-order valence-electron chi connectivity index (χ1n) is 5.97. The quantitative estimate of drug-likeness (QED) is 0.859. The summed E-state index contributed by atoms with van der Waals surface area (Å²) in [4.78, 5) is 8.56. The third-order valence-corrected chi connectivity index (χ3v) is 2.25. The molecule has 17 heavy (non-hydrogen) atoms. The fraction of sp³-hybridized carbons (Fsp3) is 0.286. The largest absolute Gasteiger partial charge is 0.384 e. The van der Waals surface area contributed by atoms with E-state index in [1.54, 1.807) is 6.07 Å². The highest BCUT2D eigenvalue weighted by Crippen LogP contribution is 2.16. The highest BCUT2D eigenvalue weighted by atomic mass is 14.8. The Kier molecular flexibility index (Phi) is 5.14. The van der Waals surface area contributed by atoms with Gasteiger partial charge >= 0.3 is 0 Å². The zero-order valence-electron chi connectivity index (χ0n) is 10.6. The van der Waals surface area contributed by atoms with Crippen LogP contribution in [0.4, 0.5) is 5.82 Å². The van der Waals surface area contributed by atoms with E-state index in [9.17, 15) is 0 Å². The lowest BCUT2D eigenvalue weighted by Gasteiger charge is -2.02. The van der Waals surface area contributed by atoms with Gasteiger partial charge in [-0.3, -0.25) is 4.98 Å². The minimum Gasteiger partial charge on any atom is -0.384 e. The Balaban J connectivity index is 0.000000686. The maximum absolute atomic E-state index is 5.62. The van der Waals surface area contributed by atoms with E-state index >= 15 is 0 Å². The first kappa shape index (κ1) is 13.2. The first-order chi connectivity index (χ1) is 8.29. The number of aryl methyl sites for hydroxylation is 1. The summed E-state index contributed by atoms with van der Waals surface area (Å²) in [6.45, 7) is 6.08. The number of nitrogen functional groups attached to an aromatic ring is 1. The second kappa shape index (κ2) is 6.63. The molecular weight excluding hydrogens is 210 g/mol. The van der Waals surface area contributed by atoms with Crippen molar-refractivity contribution >= 4 is 5.82 Å². The van der Waals surface area contributed by atoms with Crippen LogP contribution in [0.2, 0.25) is 0 Å². The second-order valence-electron chi connectivity index (χ2n) is 3.34. The third-order valence-electron chi connectivity index (χ3n) is 2.25. The molecule has 0 fully saturated rings. The lowest BCUT2D eigenvalue weighted by atomic mass is 10.1.